The van der Waals surface area contributed by atoms with Gasteiger partial charge in [0.05, 0.1) is 6.04 Å². The van der Waals surface area contributed by atoms with Gasteiger partial charge in [-0.2, -0.15) is 0 Å². The maximum absolute atomic E-state index is 11.6. The Morgan fingerprint density at radius 1 is 1.41 bits per heavy atom. The van der Waals surface area contributed by atoms with Crippen LogP contribution >= 0.6 is 0 Å². The number of hydrogen-bond donors (Lipinski definition) is 2. The Morgan fingerprint density at radius 3 is 2.47 bits per heavy atom. The van der Waals surface area contributed by atoms with Gasteiger partial charge in [0.15, 0.2) is 5.78 Å². The SMILES string of the molecule is C=CCC(N)C(=O)Nc1ccc(C(C)=O)cc1. The van der Waals surface area contributed by atoms with Crippen LogP contribution in [0.25, 0.3) is 0 Å². The van der Waals surface area contributed by atoms with Crippen LogP contribution in [-0.4, -0.2) is 17.7 Å². The van der Waals surface area contributed by atoms with Gasteiger partial charge in [0.25, 0.3) is 0 Å². The van der Waals surface area contributed by atoms with Crippen LogP contribution in [0.1, 0.15) is 23.7 Å². The maximum atomic E-state index is 11.6. The molecule has 0 radical (unpaired) electrons. The molecule has 0 aromatic heterocycles. The molecule has 0 aliphatic heterocycles. The standard InChI is InChI=1S/C13H16N2O2/c1-3-4-12(14)13(17)15-11-7-5-10(6-8-11)9(2)16/h3,5-8,12H,1,4,14H2,2H3,(H,15,17). The first-order chi connectivity index (χ1) is 8.04. The van der Waals surface area contributed by atoms with E-state index in [2.05, 4.69) is 11.9 Å². The molecule has 1 unspecified atom stereocenters. The molecular weight excluding hydrogens is 216 g/mol. The van der Waals surface area contributed by atoms with E-state index in [1.54, 1.807) is 30.3 Å². The zero-order valence-corrected chi connectivity index (χ0v) is 9.77. The van der Waals surface area contributed by atoms with Crippen molar-refractivity contribution in [3.05, 3.63) is 42.5 Å². The van der Waals surface area contributed by atoms with E-state index in [1.165, 1.54) is 6.92 Å². The topological polar surface area (TPSA) is 72.2 Å². The van der Waals surface area contributed by atoms with E-state index >= 15 is 0 Å². The average Bonchev–Trinajstić information content (AvgIpc) is 2.30. The van der Waals surface area contributed by atoms with E-state index in [9.17, 15) is 9.59 Å². The molecule has 4 heteroatoms. The Morgan fingerprint density at radius 2 is 2.00 bits per heavy atom. The second-order valence-corrected chi connectivity index (χ2v) is 3.75. The van der Waals surface area contributed by atoms with Crippen molar-refractivity contribution in [3.63, 3.8) is 0 Å². The van der Waals surface area contributed by atoms with Gasteiger partial charge in [-0.3, -0.25) is 9.59 Å². The summed E-state index contributed by atoms with van der Waals surface area (Å²) >= 11 is 0. The Kier molecular flexibility index (Phi) is 4.60. The third-order valence-electron chi connectivity index (χ3n) is 2.32. The molecule has 3 N–H and O–H groups in total. The van der Waals surface area contributed by atoms with E-state index in [1.807, 2.05) is 0 Å². The van der Waals surface area contributed by atoms with Crippen LogP contribution in [0, 0.1) is 0 Å². The van der Waals surface area contributed by atoms with Gasteiger partial charge in [-0.05, 0) is 37.6 Å². The average molecular weight is 232 g/mol. The number of nitrogens with one attached hydrogen (secondary N) is 1. The summed E-state index contributed by atoms with van der Waals surface area (Å²) in [4.78, 5) is 22.6. The van der Waals surface area contributed by atoms with Crippen LogP contribution in [0.5, 0.6) is 0 Å². The van der Waals surface area contributed by atoms with E-state index in [-0.39, 0.29) is 11.7 Å². The number of ketones is 1. The van der Waals surface area contributed by atoms with Gasteiger partial charge >= 0.3 is 0 Å². The number of carbonyl (C=O) groups is 2. The van der Waals surface area contributed by atoms with E-state index in [0.717, 1.165) is 0 Å². The van der Waals surface area contributed by atoms with Crippen LogP contribution in [0.4, 0.5) is 5.69 Å². The largest absolute Gasteiger partial charge is 0.325 e. The normalized spacial score (nSPS) is 11.6. The second kappa shape index (κ2) is 5.96. The van der Waals surface area contributed by atoms with Crippen molar-refractivity contribution < 1.29 is 9.59 Å². The van der Waals surface area contributed by atoms with Crippen LogP contribution < -0.4 is 11.1 Å². The fraction of sp³-hybridized carbons (Fsp3) is 0.231. The van der Waals surface area contributed by atoms with Gasteiger partial charge in [-0.25, -0.2) is 0 Å². The van der Waals surface area contributed by atoms with Crippen LogP contribution in [0.3, 0.4) is 0 Å². The molecule has 0 heterocycles. The monoisotopic (exact) mass is 232 g/mol. The molecule has 0 saturated carbocycles. The number of hydrogen-bond acceptors (Lipinski definition) is 3. The van der Waals surface area contributed by atoms with Crippen LogP contribution in [0.15, 0.2) is 36.9 Å². The zero-order chi connectivity index (χ0) is 12.8. The number of benzene rings is 1. The van der Waals surface area contributed by atoms with Gasteiger partial charge in [0, 0.05) is 11.3 Å². The lowest BCUT2D eigenvalue weighted by Gasteiger charge is -2.10. The van der Waals surface area contributed by atoms with Crippen molar-refractivity contribution in [2.75, 3.05) is 5.32 Å². The minimum absolute atomic E-state index is 0.00812. The molecule has 1 aromatic rings. The van der Waals surface area contributed by atoms with Crippen molar-refractivity contribution >= 4 is 17.4 Å². The molecule has 90 valence electrons. The molecule has 1 atom stereocenters. The highest BCUT2D eigenvalue weighted by Gasteiger charge is 2.11. The first-order valence-electron chi connectivity index (χ1n) is 5.33. The fourth-order valence-electron chi connectivity index (χ4n) is 1.31. The molecule has 4 nitrogen and oxygen atoms in total. The quantitative estimate of drug-likeness (QED) is 0.600. The van der Waals surface area contributed by atoms with Gasteiger partial charge < -0.3 is 11.1 Å². The third kappa shape index (κ3) is 3.85. The minimum Gasteiger partial charge on any atom is -0.325 e. The van der Waals surface area contributed by atoms with Gasteiger partial charge in [0.1, 0.15) is 0 Å². The number of nitrogens with two attached hydrogens (primary N) is 1. The molecule has 17 heavy (non-hydrogen) atoms. The summed E-state index contributed by atoms with van der Waals surface area (Å²) in [6, 6.07) is 6.08. The first-order valence-corrected chi connectivity index (χ1v) is 5.33. The lowest BCUT2D eigenvalue weighted by Crippen LogP contribution is -2.35. The molecular formula is C13H16N2O2. The zero-order valence-electron chi connectivity index (χ0n) is 9.77. The Bertz CT molecular complexity index is 424. The molecule has 1 amide bonds. The Labute approximate surface area is 101 Å². The molecule has 0 aliphatic rings. The third-order valence-corrected chi connectivity index (χ3v) is 2.32. The summed E-state index contributed by atoms with van der Waals surface area (Å²) < 4.78 is 0. The Balaban J connectivity index is 2.66. The van der Waals surface area contributed by atoms with Crippen molar-refractivity contribution in [3.8, 4) is 0 Å². The van der Waals surface area contributed by atoms with E-state index in [4.69, 9.17) is 5.73 Å². The van der Waals surface area contributed by atoms with Crippen molar-refractivity contribution in [2.24, 2.45) is 5.73 Å². The number of rotatable bonds is 5. The second-order valence-electron chi connectivity index (χ2n) is 3.75. The predicted octanol–water partition coefficient (Wildman–Crippen LogP) is 1.73. The molecule has 0 spiro atoms. The van der Waals surface area contributed by atoms with Gasteiger partial charge in [-0.15, -0.1) is 6.58 Å². The summed E-state index contributed by atoms with van der Waals surface area (Å²) in [6.45, 7) is 5.02. The highest BCUT2D eigenvalue weighted by Crippen LogP contribution is 2.10. The highest BCUT2D eigenvalue weighted by molar-refractivity contribution is 5.97. The molecule has 1 rings (SSSR count). The maximum Gasteiger partial charge on any atom is 0.241 e. The number of Topliss-reactive ketones (excluding diaryl/α,β-unsaturated/α-hetero) is 1. The number of carbonyl (C=O) groups excluding carboxylic acids is 2. The summed E-state index contributed by atoms with van der Waals surface area (Å²) in [7, 11) is 0. The number of amides is 1. The lowest BCUT2D eigenvalue weighted by atomic mass is 10.1. The van der Waals surface area contributed by atoms with Crippen molar-refractivity contribution in [2.45, 2.75) is 19.4 Å². The summed E-state index contributed by atoms with van der Waals surface area (Å²) in [5.74, 6) is -0.272. The first kappa shape index (κ1) is 13.1. The number of anilines is 1. The molecule has 0 aliphatic carbocycles. The molecule has 0 bridgehead atoms. The fourth-order valence-corrected chi connectivity index (χ4v) is 1.31. The van der Waals surface area contributed by atoms with Crippen molar-refractivity contribution in [1.29, 1.82) is 0 Å². The predicted molar refractivity (Wildman–Crippen MR) is 67.9 cm³/mol. The van der Waals surface area contributed by atoms with Gasteiger partial charge in [-0.1, -0.05) is 6.08 Å². The Hall–Kier alpha value is -1.94. The van der Waals surface area contributed by atoms with E-state index < -0.39 is 6.04 Å². The lowest BCUT2D eigenvalue weighted by molar-refractivity contribution is -0.117. The van der Waals surface area contributed by atoms with Crippen LogP contribution in [-0.2, 0) is 4.79 Å². The molecule has 0 fully saturated rings. The van der Waals surface area contributed by atoms with Gasteiger partial charge in [0.2, 0.25) is 5.91 Å². The molecule has 1 aromatic carbocycles. The van der Waals surface area contributed by atoms with Crippen LogP contribution in [0.2, 0.25) is 0 Å². The summed E-state index contributed by atoms with van der Waals surface area (Å²) in [5.41, 5.74) is 6.85. The van der Waals surface area contributed by atoms with E-state index in [0.29, 0.717) is 17.7 Å². The van der Waals surface area contributed by atoms with Crippen molar-refractivity contribution in [1.82, 2.24) is 0 Å². The minimum atomic E-state index is -0.597. The summed E-state index contributed by atoms with van der Waals surface area (Å²) in [5, 5.41) is 2.67. The summed E-state index contributed by atoms with van der Waals surface area (Å²) in [6.07, 6.45) is 2.03. The highest BCUT2D eigenvalue weighted by atomic mass is 16.2. The smallest absolute Gasteiger partial charge is 0.241 e. The molecule has 0 saturated heterocycles.